The van der Waals surface area contributed by atoms with Crippen LogP contribution in [-0.2, 0) is 4.79 Å². The summed E-state index contributed by atoms with van der Waals surface area (Å²) in [4.78, 5) is 27.7. The summed E-state index contributed by atoms with van der Waals surface area (Å²) in [7, 11) is 0. The Morgan fingerprint density at radius 1 is 1.24 bits per heavy atom. The standard InChI is InChI=1S/C14H17N5OS/c20-12-11-10(3-4-15-12)18-13(21-11)9-7-16-14(17-8-9)19-5-1-2-6-19/h7-8,10-11H,1-6H2,(H,15,20). The maximum absolute atomic E-state index is 11.8. The van der Waals surface area contributed by atoms with Gasteiger partial charge in [0, 0.05) is 37.6 Å². The van der Waals surface area contributed by atoms with Crippen molar-refractivity contribution in [3.8, 4) is 0 Å². The van der Waals surface area contributed by atoms with Gasteiger partial charge in [0.25, 0.3) is 0 Å². The number of fused-ring (bicyclic) bond motifs is 1. The minimum absolute atomic E-state index is 0.0768. The maximum atomic E-state index is 11.8. The van der Waals surface area contributed by atoms with Crippen LogP contribution in [0.25, 0.3) is 0 Å². The van der Waals surface area contributed by atoms with E-state index in [0.29, 0.717) is 0 Å². The highest BCUT2D eigenvalue weighted by atomic mass is 32.2. The van der Waals surface area contributed by atoms with Gasteiger partial charge >= 0.3 is 0 Å². The fourth-order valence-corrected chi connectivity index (χ4v) is 4.21. The lowest BCUT2D eigenvalue weighted by Gasteiger charge is -2.22. The second kappa shape index (κ2) is 5.29. The molecule has 2 atom stereocenters. The van der Waals surface area contributed by atoms with Crippen LogP contribution >= 0.6 is 11.8 Å². The molecule has 3 aliphatic heterocycles. The predicted octanol–water partition coefficient (Wildman–Crippen LogP) is 0.827. The molecular weight excluding hydrogens is 286 g/mol. The Kier molecular flexibility index (Phi) is 3.29. The number of nitrogens with zero attached hydrogens (tertiary/aromatic N) is 4. The second-order valence-electron chi connectivity index (χ2n) is 5.59. The summed E-state index contributed by atoms with van der Waals surface area (Å²) < 4.78 is 0. The van der Waals surface area contributed by atoms with E-state index in [4.69, 9.17) is 0 Å². The molecule has 21 heavy (non-hydrogen) atoms. The third-order valence-electron chi connectivity index (χ3n) is 4.14. The van der Waals surface area contributed by atoms with E-state index in [0.717, 1.165) is 42.6 Å². The number of carbonyl (C=O) groups excluding carboxylic acids is 1. The molecule has 4 rings (SSSR count). The van der Waals surface area contributed by atoms with Gasteiger partial charge in [-0.05, 0) is 19.3 Å². The van der Waals surface area contributed by atoms with Gasteiger partial charge in [0.2, 0.25) is 11.9 Å². The fraction of sp³-hybridized carbons (Fsp3) is 0.571. The van der Waals surface area contributed by atoms with Crippen molar-refractivity contribution in [1.29, 1.82) is 0 Å². The van der Waals surface area contributed by atoms with Crippen molar-refractivity contribution in [3.05, 3.63) is 18.0 Å². The number of anilines is 1. The van der Waals surface area contributed by atoms with Gasteiger partial charge in [-0.1, -0.05) is 11.8 Å². The molecule has 0 saturated carbocycles. The van der Waals surface area contributed by atoms with Crippen LogP contribution < -0.4 is 10.2 Å². The second-order valence-corrected chi connectivity index (χ2v) is 6.72. The fourth-order valence-electron chi connectivity index (χ4n) is 2.99. The van der Waals surface area contributed by atoms with Crippen LogP contribution in [0.3, 0.4) is 0 Å². The largest absolute Gasteiger partial charge is 0.355 e. The summed E-state index contributed by atoms with van der Waals surface area (Å²) in [6.45, 7) is 2.81. The number of piperidine rings is 1. The highest BCUT2D eigenvalue weighted by molar-refractivity contribution is 8.15. The molecule has 1 aromatic rings. The number of hydrogen-bond acceptors (Lipinski definition) is 6. The van der Waals surface area contributed by atoms with Gasteiger partial charge in [0.1, 0.15) is 10.3 Å². The first-order valence-electron chi connectivity index (χ1n) is 7.41. The van der Waals surface area contributed by atoms with Crippen LogP contribution in [0.2, 0.25) is 0 Å². The number of nitrogens with one attached hydrogen (secondary N) is 1. The normalized spacial score (nSPS) is 28.3. The van der Waals surface area contributed by atoms with E-state index in [1.54, 1.807) is 0 Å². The highest BCUT2D eigenvalue weighted by Gasteiger charge is 2.38. The van der Waals surface area contributed by atoms with E-state index in [9.17, 15) is 4.79 Å². The lowest BCUT2D eigenvalue weighted by molar-refractivity contribution is -0.121. The molecule has 6 nitrogen and oxygen atoms in total. The van der Waals surface area contributed by atoms with Gasteiger partial charge in [-0.25, -0.2) is 9.97 Å². The third-order valence-corrected chi connectivity index (χ3v) is 5.49. The predicted molar refractivity (Wildman–Crippen MR) is 82.8 cm³/mol. The van der Waals surface area contributed by atoms with Crippen LogP contribution in [0.5, 0.6) is 0 Å². The molecule has 2 saturated heterocycles. The lowest BCUT2D eigenvalue weighted by atomic mass is 10.1. The Bertz CT molecular complexity index is 582. The third kappa shape index (κ3) is 2.39. The Balaban J connectivity index is 1.53. The zero-order valence-electron chi connectivity index (χ0n) is 11.7. The van der Waals surface area contributed by atoms with Crippen LogP contribution in [0.1, 0.15) is 24.8 Å². The molecule has 2 fully saturated rings. The molecule has 0 aliphatic carbocycles. The van der Waals surface area contributed by atoms with E-state index >= 15 is 0 Å². The number of hydrogen-bond donors (Lipinski definition) is 1. The van der Waals surface area contributed by atoms with Crippen molar-refractivity contribution in [1.82, 2.24) is 15.3 Å². The van der Waals surface area contributed by atoms with E-state index in [-0.39, 0.29) is 17.2 Å². The van der Waals surface area contributed by atoms with Gasteiger partial charge in [0.15, 0.2) is 0 Å². The topological polar surface area (TPSA) is 70.5 Å². The number of aromatic nitrogens is 2. The molecule has 4 heterocycles. The summed E-state index contributed by atoms with van der Waals surface area (Å²) in [6.07, 6.45) is 7.02. The van der Waals surface area contributed by atoms with Gasteiger partial charge in [-0.3, -0.25) is 9.79 Å². The minimum atomic E-state index is -0.0768. The van der Waals surface area contributed by atoms with Gasteiger partial charge < -0.3 is 10.2 Å². The van der Waals surface area contributed by atoms with E-state index in [1.807, 2.05) is 12.4 Å². The molecule has 0 spiro atoms. The van der Waals surface area contributed by atoms with E-state index < -0.39 is 0 Å². The summed E-state index contributed by atoms with van der Waals surface area (Å²) in [6, 6.07) is 0.108. The van der Waals surface area contributed by atoms with Crippen LogP contribution in [0.15, 0.2) is 17.4 Å². The average molecular weight is 303 g/mol. The molecule has 0 radical (unpaired) electrons. The number of thioether (sulfide) groups is 1. The monoisotopic (exact) mass is 303 g/mol. The molecule has 3 aliphatic rings. The summed E-state index contributed by atoms with van der Waals surface area (Å²) in [5.41, 5.74) is 0.921. The van der Waals surface area contributed by atoms with Crippen LogP contribution in [0, 0.1) is 0 Å². The first kappa shape index (κ1) is 13.1. The molecule has 2 unspecified atom stereocenters. The Morgan fingerprint density at radius 3 is 2.71 bits per heavy atom. The zero-order valence-corrected chi connectivity index (χ0v) is 12.5. The van der Waals surface area contributed by atoms with E-state index in [2.05, 4.69) is 25.2 Å². The molecule has 1 aromatic heterocycles. The summed E-state index contributed by atoms with van der Waals surface area (Å²) in [5, 5.41) is 3.72. The minimum Gasteiger partial charge on any atom is -0.355 e. The Hall–Kier alpha value is -1.63. The number of carbonyl (C=O) groups is 1. The van der Waals surface area contributed by atoms with Gasteiger partial charge in [-0.2, -0.15) is 0 Å². The lowest BCUT2D eigenvalue weighted by Crippen LogP contribution is -2.44. The Morgan fingerprint density at radius 2 is 2.00 bits per heavy atom. The van der Waals surface area contributed by atoms with E-state index in [1.165, 1.54) is 24.6 Å². The van der Waals surface area contributed by atoms with Crippen molar-refractivity contribution in [2.24, 2.45) is 4.99 Å². The van der Waals surface area contributed by atoms with Crippen molar-refractivity contribution in [2.45, 2.75) is 30.6 Å². The number of amides is 1. The van der Waals surface area contributed by atoms with Crippen molar-refractivity contribution < 1.29 is 4.79 Å². The van der Waals surface area contributed by atoms with Crippen molar-refractivity contribution in [2.75, 3.05) is 24.5 Å². The Labute approximate surface area is 127 Å². The quantitative estimate of drug-likeness (QED) is 0.876. The molecule has 1 amide bonds. The summed E-state index contributed by atoms with van der Waals surface area (Å²) >= 11 is 1.54. The van der Waals surface area contributed by atoms with Crippen molar-refractivity contribution >= 4 is 28.7 Å². The molecule has 0 bridgehead atoms. The van der Waals surface area contributed by atoms with Crippen molar-refractivity contribution in [3.63, 3.8) is 0 Å². The molecular formula is C14H17N5OS. The number of rotatable bonds is 2. The highest BCUT2D eigenvalue weighted by Crippen LogP contribution is 2.33. The average Bonchev–Trinajstić information content (AvgIpc) is 3.18. The molecule has 1 N–H and O–H groups in total. The summed E-state index contributed by atoms with van der Waals surface area (Å²) in [5.74, 6) is 0.902. The molecule has 110 valence electrons. The number of aliphatic imine (C=N–C) groups is 1. The van der Waals surface area contributed by atoms with Gasteiger partial charge in [0.05, 0.1) is 6.04 Å². The molecule has 7 heteroatoms. The van der Waals surface area contributed by atoms with Crippen LogP contribution in [-0.4, -0.2) is 51.8 Å². The van der Waals surface area contributed by atoms with Gasteiger partial charge in [-0.15, -0.1) is 0 Å². The van der Waals surface area contributed by atoms with Crippen LogP contribution in [0.4, 0.5) is 5.95 Å². The smallest absolute Gasteiger partial charge is 0.235 e. The maximum Gasteiger partial charge on any atom is 0.235 e. The SMILES string of the molecule is O=C1NCCC2N=C(c3cnc(N4CCCC4)nc3)SC12. The first-order valence-corrected chi connectivity index (χ1v) is 8.29. The molecule has 0 aromatic carbocycles. The zero-order chi connectivity index (χ0) is 14.2. The first-order chi connectivity index (χ1) is 10.3.